The number of carbonyl (C=O) groups is 2. The zero-order valence-electron chi connectivity index (χ0n) is 18.4. The van der Waals surface area contributed by atoms with Gasteiger partial charge in [0, 0.05) is 28.3 Å². The van der Waals surface area contributed by atoms with E-state index in [0.717, 1.165) is 22.4 Å². The van der Waals surface area contributed by atoms with Gasteiger partial charge in [-0.3, -0.25) is 4.79 Å². The van der Waals surface area contributed by atoms with Gasteiger partial charge in [0.15, 0.2) is 5.78 Å². The van der Waals surface area contributed by atoms with E-state index in [-0.39, 0.29) is 5.78 Å². The first-order chi connectivity index (χ1) is 16.1. The average Bonchev–Trinajstić information content (AvgIpc) is 3.14. The van der Waals surface area contributed by atoms with E-state index < -0.39 is 11.9 Å². The summed E-state index contributed by atoms with van der Waals surface area (Å²) >= 11 is 0. The molecule has 3 aromatic carbocycles. The molecule has 1 aliphatic carbocycles. The number of ketones is 1. The molecular weight excluding hydrogens is 414 g/mol. The number of Topliss-reactive ketones (excluding diaryl/α,β-unsaturated/α-hetero) is 1. The first kappa shape index (κ1) is 20.8. The fourth-order valence-electron chi connectivity index (χ4n) is 4.57. The van der Waals surface area contributed by atoms with Crippen molar-refractivity contribution >= 4 is 17.4 Å². The Morgan fingerprint density at radius 1 is 0.939 bits per heavy atom. The minimum atomic E-state index is -0.561. The molecular formula is C28H23NO4. The number of hydrogen-bond donors (Lipinski definition) is 1. The summed E-state index contributed by atoms with van der Waals surface area (Å²) in [6, 6.07) is 25.0. The third-order valence-electron chi connectivity index (χ3n) is 6.09. The lowest BCUT2D eigenvalue weighted by atomic mass is 9.80. The third kappa shape index (κ3) is 3.61. The molecule has 0 amide bonds. The molecule has 0 saturated heterocycles. The van der Waals surface area contributed by atoms with Crippen LogP contribution in [0.2, 0.25) is 0 Å². The molecule has 5 nitrogen and oxygen atoms in total. The second-order valence-corrected chi connectivity index (χ2v) is 8.10. The Bertz CT molecular complexity index is 1320. The Morgan fingerprint density at radius 3 is 2.42 bits per heavy atom. The van der Waals surface area contributed by atoms with Gasteiger partial charge >= 0.3 is 5.97 Å². The highest BCUT2D eigenvalue weighted by atomic mass is 16.5. The molecule has 1 N–H and O–H groups in total. The van der Waals surface area contributed by atoms with E-state index in [1.807, 2.05) is 85.8 Å². The largest absolute Gasteiger partial charge is 0.489 e. The summed E-state index contributed by atoms with van der Waals surface area (Å²) in [5.74, 6) is -0.436. The molecule has 1 atom stereocenters. The topological polar surface area (TPSA) is 64.6 Å². The Kier molecular flexibility index (Phi) is 5.31. The lowest BCUT2D eigenvalue weighted by Crippen LogP contribution is -2.29. The number of fused-ring (bicyclic) bond motifs is 2. The third-order valence-corrected chi connectivity index (χ3v) is 6.09. The maximum absolute atomic E-state index is 13.5. The van der Waals surface area contributed by atoms with Crippen LogP contribution in [0.1, 0.15) is 39.9 Å². The zero-order chi connectivity index (χ0) is 22.9. The number of methoxy groups -OCH3 is 1. The molecule has 1 unspecified atom stereocenters. The Morgan fingerprint density at radius 2 is 1.67 bits per heavy atom. The molecule has 0 spiro atoms. The number of allylic oxidation sites excluding steroid dienone is 2. The molecule has 2 aliphatic rings. The van der Waals surface area contributed by atoms with Crippen molar-refractivity contribution in [3.63, 3.8) is 0 Å². The number of nitrogens with one attached hydrogen (secondary N) is 1. The predicted molar refractivity (Wildman–Crippen MR) is 126 cm³/mol. The number of rotatable bonds is 5. The highest BCUT2D eigenvalue weighted by Gasteiger charge is 2.42. The summed E-state index contributed by atoms with van der Waals surface area (Å²) in [7, 11) is 1.36. The van der Waals surface area contributed by atoms with Gasteiger partial charge in [0.25, 0.3) is 0 Å². The second kappa shape index (κ2) is 8.43. The summed E-state index contributed by atoms with van der Waals surface area (Å²) in [5, 5.41) is 3.30. The average molecular weight is 437 g/mol. The Hall–Kier alpha value is -4.12. The van der Waals surface area contributed by atoms with Crippen molar-refractivity contribution in [1.82, 2.24) is 5.32 Å². The number of benzene rings is 3. The van der Waals surface area contributed by atoms with Crippen molar-refractivity contribution in [2.45, 2.75) is 19.4 Å². The van der Waals surface area contributed by atoms with Gasteiger partial charge in [-0.05, 0) is 30.2 Å². The lowest BCUT2D eigenvalue weighted by Gasteiger charge is -2.29. The van der Waals surface area contributed by atoms with E-state index in [1.165, 1.54) is 7.11 Å². The van der Waals surface area contributed by atoms with E-state index >= 15 is 0 Å². The molecule has 5 rings (SSSR count). The van der Waals surface area contributed by atoms with Crippen LogP contribution in [0.5, 0.6) is 5.75 Å². The van der Waals surface area contributed by atoms with Crippen molar-refractivity contribution in [2.75, 3.05) is 7.11 Å². The zero-order valence-corrected chi connectivity index (χ0v) is 18.4. The first-order valence-electron chi connectivity index (χ1n) is 10.8. The lowest BCUT2D eigenvalue weighted by molar-refractivity contribution is -0.136. The van der Waals surface area contributed by atoms with Gasteiger partial charge in [-0.25, -0.2) is 4.79 Å². The standard InChI is InChI=1S/C28H23NO4/c1-17-23(28(31)32-2)24(25-26(29-17)21-13-6-7-14-22(21)27(25)30)19-11-8-12-20(15-19)33-16-18-9-4-3-5-10-18/h3-15,24,29H,16H2,1-2H3. The highest BCUT2D eigenvalue weighted by molar-refractivity contribution is 6.23. The van der Waals surface area contributed by atoms with Crippen molar-refractivity contribution in [1.29, 1.82) is 0 Å². The molecule has 0 fully saturated rings. The van der Waals surface area contributed by atoms with Crippen LogP contribution >= 0.6 is 0 Å². The maximum Gasteiger partial charge on any atom is 0.336 e. The predicted octanol–water partition coefficient (Wildman–Crippen LogP) is 5.01. The van der Waals surface area contributed by atoms with Crippen molar-refractivity contribution in [3.8, 4) is 5.75 Å². The van der Waals surface area contributed by atoms with E-state index in [2.05, 4.69) is 5.32 Å². The van der Waals surface area contributed by atoms with Gasteiger partial charge in [-0.2, -0.15) is 0 Å². The Labute approximate surface area is 192 Å². The fraction of sp³-hybridized carbons (Fsp3) is 0.143. The monoisotopic (exact) mass is 437 g/mol. The molecule has 0 radical (unpaired) electrons. The molecule has 1 heterocycles. The van der Waals surface area contributed by atoms with Gasteiger partial charge in [0.2, 0.25) is 0 Å². The van der Waals surface area contributed by atoms with Gasteiger partial charge in [0.05, 0.1) is 18.4 Å². The van der Waals surface area contributed by atoms with Crippen molar-refractivity contribution < 1.29 is 19.1 Å². The van der Waals surface area contributed by atoms with Crippen LogP contribution in [0.3, 0.4) is 0 Å². The van der Waals surface area contributed by atoms with Crippen LogP contribution in [-0.2, 0) is 16.1 Å². The minimum Gasteiger partial charge on any atom is -0.489 e. The highest BCUT2D eigenvalue weighted by Crippen LogP contribution is 2.47. The number of carbonyl (C=O) groups excluding carboxylic acids is 2. The van der Waals surface area contributed by atoms with Crippen molar-refractivity contribution in [2.24, 2.45) is 0 Å². The molecule has 33 heavy (non-hydrogen) atoms. The quantitative estimate of drug-likeness (QED) is 0.569. The van der Waals surface area contributed by atoms with Crippen LogP contribution in [0.15, 0.2) is 95.7 Å². The fourth-order valence-corrected chi connectivity index (χ4v) is 4.57. The summed E-state index contributed by atoms with van der Waals surface area (Å²) in [5.41, 5.74) is 5.75. The van der Waals surface area contributed by atoms with E-state index in [4.69, 9.17) is 9.47 Å². The van der Waals surface area contributed by atoms with Gasteiger partial charge in [0.1, 0.15) is 12.4 Å². The molecule has 164 valence electrons. The molecule has 0 saturated carbocycles. The van der Waals surface area contributed by atoms with E-state index in [0.29, 0.717) is 34.8 Å². The molecule has 5 heteroatoms. The molecule has 3 aromatic rings. The van der Waals surface area contributed by atoms with Gasteiger partial charge < -0.3 is 14.8 Å². The van der Waals surface area contributed by atoms with Gasteiger partial charge in [-0.15, -0.1) is 0 Å². The molecule has 1 aliphatic heterocycles. The number of ether oxygens (including phenoxy) is 2. The molecule has 0 bridgehead atoms. The number of esters is 1. The Balaban J connectivity index is 1.57. The van der Waals surface area contributed by atoms with Crippen LogP contribution in [0, 0.1) is 0 Å². The van der Waals surface area contributed by atoms with Gasteiger partial charge in [-0.1, -0.05) is 66.7 Å². The number of hydrogen-bond acceptors (Lipinski definition) is 5. The van der Waals surface area contributed by atoms with E-state index in [1.54, 1.807) is 0 Å². The second-order valence-electron chi connectivity index (χ2n) is 8.10. The van der Waals surface area contributed by atoms with Crippen LogP contribution in [0.4, 0.5) is 0 Å². The summed E-state index contributed by atoms with van der Waals surface area (Å²) in [6.45, 7) is 2.26. The summed E-state index contributed by atoms with van der Waals surface area (Å²) < 4.78 is 11.1. The maximum atomic E-state index is 13.5. The van der Waals surface area contributed by atoms with Crippen LogP contribution in [0.25, 0.3) is 5.70 Å². The smallest absolute Gasteiger partial charge is 0.336 e. The minimum absolute atomic E-state index is 0.0809. The van der Waals surface area contributed by atoms with Crippen LogP contribution < -0.4 is 10.1 Å². The number of dihydropyridines is 1. The van der Waals surface area contributed by atoms with Crippen LogP contribution in [-0.4, -0.2) is 18.9 Å². The van der Waals surface area contributed by atoms with Crippen molar-refractivity contribution in [3.05, 3.63) is 118 Å². The SMILES string of the molecule is COC(=O)C1=C(C)NC2=C(C(=O)c3ccccc32)C1c1cccc(OCc2ccccc2)c1. The summed E-state index contributed by atoms with van der Waals surface area (Å²) in [4.78, 5) is 26.3. The van der Waals surface area contributed by atoms with E-state index in [9.17, 15) is 9.59 Å². The normalized spacial score (nSPS) is 16.8. The molecule has 0 aromatic heterocycles. The summed E-state index contributed by atoms with van der Waals surface area (Å²) in [6.07, 6.45) is 0. The first-order valence-corrected chi connectivity index (χ1v) is 10.8.